The number of unbranched alkanes of at least 4 members (excludes halogenated alkanes) is 1. The molecular formula is C25H37NO2. The number of fused-ring (bicyclic) bond motifs is 1. The number of aliphatic hydroxyl groups excluding tert-OH is 2. The van der Waals surface area contributed by atoms with Crippen LogP contribution in [0.5, 0.6) is 0 Å². The Hall–Kier alpha value is -1.42. The van der Waals surface area contributed by atoms with Crippen molar-refractivity contribution in [2.24, 2.45) is 17.8 Å². The number of benzene rings is 1. The highest BCUT2D eigenvalue weighted by Gasteiger charge is 2.43. The number of hydrogen-bond donors (Lipinski definition) is 2. The van der Waals surface area contributed by atoms with E-state index in [0.717, 1.165) is 24.9 Å². The predicted molar refractivity (Wildman–Crippen MR) is 116 cm³/mol. The van der Waals surface area contributed by atoms with Gasteiger partial charge in [-0.2, -0.15) is 0 Å². The minimum Gasteiger partial charge on any atom is -0.392 e. The molecule has 0 spiro atoms. The highest BCUT2D eigenvalue weighted by Crippen LogP contribution is 2.48. The summed E-state index contributed by atoms with van der Waals surface area (Å²) in [5, 5.41) is 21.0. The third-order valence-corrected chi connectivity index (χ3v) is 6.39. The molecule has 2 aliphatic rings. The van der Waals surface area contributed by atoms with E-state index >= 15 is 0 Å². The average Bonchev–Trinajstić information content (AvgIpc) is 3.13. The molecule has 2 aliphatic carbocycles. The van der Waals surface area contributed by atoms with Crippen LogP contribution in [0.15, 0.2) is 48.1 Å². The molecule has 1 fully saturated rings. The van der Waals surface area contributed by atoms with Crippen LogP contribution in [-0.4, -0.2) is 48.0 Å². The minimum absolute atomic E-state index is 0.174. The van der Waals surface area contributed by atoms with Crippen LogP contribution in [0.3, 0.4) is 0 Å². The first-order chi connectivity index (χ1) is 13.4. The van der Waals surface area contributed by atoms with E-state index in [0.29, 0.717) is 18.3 Å². The molecule has 3 nitrogen and oxygen atoms in total. The SMILES string of the molecule is Cc1cccc(C[C@H](O)/C=C/[C@@H]2[C@H]3CC(CCCCN(C)C)=C[C@H]3C[C@H]2O)c1. The van der Waals surface area contributed by atoms with Crippen LogP contribution < -0.4 is 0 Å². The second-order valence-corrected chi connectivity index (χ2v) is 9.14. The zero-order valence-electron chi connectivity index (χ0n) is 17.7. The van der Waals surface area contributed by atoms with Crippen LogP contribution >= 0.6 is 0 Å². The third kappa shape index (κ3) is 5.79. The summed E-state index contributed by atoms with van der Waals surface area (Å²) in [6, 6.07) is 8.30. The molecule has 3 rings (SSSR count). The lowest BCUT2D eigenvalue weighted by Crippen LogP contribution is -2.18. The Morgan fingerprint density at radius 1 is 1.25 bits per heavy atom. The Balaban J connectivity index is 1.50. The number of nitrogens with zero attached hydrogens (tertiary/aromatic N) is 1. The average molecular weight is 384 g/mol. The zero-order valence-corrected chi connectivity index (χ0v) is 17.7. The van der Waals surface area contributed by atoms with E-state index in [9.17, 15) is 10.2 Å². The number of allylic oxidation sites excluding steroid dienone is 2. The Morgan fingerprint density at radius 2 is 2.07 bits per heavy atom. The lowest BCUT2D eigenvalue weighted by atomic mass is 9.88. The van der Waals surface area contributed by atoms with Gasteiger partial charge in [0.2, 0.25) is 0 Å². The molecule has 0 unspecified atom stereocenters. The topological polar surface area (TPSA) is 43.7 Å². The summed E-state index contributed by atoms with van der Waals surface area (Å²) in [4.78, 5) is 2.25. The van der Waals surface area contributed by atoms with Gasteiger partial charge in [-0.05, 0) is 77.1 Å². The fraction of sp³-hybridized carbons (Fsp3) is 0.600. The fourth-order valence-corrected chi connectivity index (χ4v) is 4.98. The van der Waals surface area contributed by atoms with Crippen molar-refractivity contribution < 1.29 is 10.2 Å². The first-order valence-electron chi connectivity index (χ1n) is 10.9. The maximum atomic E-state index is 10.5. The fourth-order valence-electron chi connectivity index (χ4n) is 4.98. The standard InChI is InChI=1S/C25H37NO2/c1-18-7-6-9-19(13-18)15-22(27)10-11-23-24-16-20(8-4-5-12-26(2)3)14-21(24)17-25(23)28/h6-7,9-11,13-14,21-25,27-28H,4-5,8,12,15-17H2,1-3H3/b11-10+/t21-,22+,23+,24-,25+/m0/s1. The monoisotopic (exact) mass is 383 g/mol. The van der Waals surface area contributed by atoms with Gasteiger partial charge in [0.05, 0.1) is 12.2 Å². The van der Waals surface area contributed by atoms with Gasteiger partial charge in [0.1, 0.15) is 0 Å². The molecule has 154 valence electrons. The van der Waals surface area contributed by atoms with E-state index in [1.54, 1.807) is 5.57 Å². The second-order valence-electron chi connectivity index (χ2n) is 9.14. The van der Waals surface area contributed by atoms with Crippen LogP contribution in [-0.2, 0) is 6.42 Å². The van der Waals surface area contributed by atoms with E-state index in [2.05, 4.69) is 56.3 Å². The Bertz CT molecular complexity index is 694. The number of aliphatic hydroxyl groups is 2. The van der Waals surface area contributed by atoms with Crippen molar-refractivity contribution in [1.82, 2.24) is 4.90 Å². The molecule has 3 heteroatoms. The largest absolute Gasteiger partial charge is 0.392 e. The molecule has 28 heavy (non-hydrogen) atoms. The summed E-state index contributed by atoms with van der Waals surface area (Å²) < 4.78 is 0. The van der Waals surface area contributed by atoms with Crippen molar-refractivity contribution in [2.75, 3.05) is 20.6 Å². The van der Waals surface area contributed by atoms with Crippen molar-refractivity contribution >= 4 is 0 Å². The summed E-state index contributed by atoms with van der Waals surface area (Å²) in [6.07, 6.45) is 12.0. The van der Waals surface area contributed by atoms with Crippen molar-refractivity contribution in [2.45, 2.75) is 57.7 Å². The highest BCUT2D eigenvalue weighted by atomic mass is 16.3. The normalized spacial score (nSPS) is 28.1. The molecular weight excluding hydrogens is 346 g/mol. The molecule has 1 aromatic carbocycles. The van der Waals surface area contributed by atoms with Gasteiger partial charge in [-0.25, -0.2) is 0 Å². The van der Waals surface area contributed by atoms with Gasteiger partial charge in [-0.3, -0.25) is 0 Å². The maximum Gasteiger partial charge on any atom is 0.0761 e. The summed E-state index contributed by atoms with van der Waals surface area (Å²) in [6.45, 7) is 3.23. The van der Waals surface area contributed by atoms with Crippen LogP contribution in [0.4, 0.5) is 0 Å². The van der Waals surface area contributed by atoms with Gasteiger partial charge in [0.25, 0.3) is 0 Å². The minimum atomic E-state index is -0.493. The van der Waals surface area contributed by atoms with E-state index in [1.165, 1.54) is 24.8 Å². The van der Waals surface area contributed by atoms with E-state index in [4.69, 9.17) is 0 Å². The molecule has 1 saturated carbocycles. The van der Waals surface area contributed by atoms with E-state index in [1.807, 2.05) is 12.1 Å². The molecule has 0 heterocycles. The lowest BCUT2D eigenvalue weighted by Gasteiger charge is -2.19. The molecule has 0 radical (unpaired) electrons. The summed E-state index contributed by atoms with van der Waals surface area (Å²) >= 11 is 0. The molecule has 0 aromatic heterocycles. The summed E-state index contributed by atoms with van der Waals surface area (Å²) in [5.41, 5.74) is 3.96. The Morgan fingerprint density at radius 3 is 2.82 bits per heavy atom. The van der Waals surface area contributed by atoms with Crippen LogP contribution in [0.25, 0.3) is 0 Å². The van der Waals surface area contributed by atoms with Crippen LogP contribution in [0.2, 0.25) is 0 Å². The summed E-state index contributed by atoms with van der Waals surface area (Å²) in [7, 11) is 4.26. The Kier molecular flexibility index (Phi) is 7.50. The van der Waals surface area contributed by atoms with Gasteiger partial charge in [-0.15, -0.1) is 0 Å². The zero-order chi connectivity index (χ0) is 20.1. The van der Waals surface area contributed by atoms with Gasteiger partial charge in [0, 0.05) is 12.3 Å². The molecule has 0 aliphatic heterocycles. The van der Waals surface area contributed by atoms with Crippen molar-refractivity contribution in [3.63, 3.8) is 0 Å². The quantitative estimate of drug-likeness (QED) is 0.498. The molecule has 2 N–H and O–H groups in total. The highest BCUT2D eigenvalue weighted by molar-refractivity contribution is 5.24. The van der Waals surface area contributed by atoms with Crippen molar-refractivity contribution in [3.05, 3.63) is 59.2 Å². The summed E-state index contributed by atoms with van der Waals surface area (Å²) in [5.74, 6) is 1.20. The van der Waals surface area contributed by atoms with Crippen molar-refractivity contribution in [3.8, 4) is 0 Å². The van der Waals surface area contributed by atoms with E-state index in [-0.39, 0.29) is 12.0 Å². The molecule has 0 saturated heterocycles. The second kappa shape index (κ2) is 9.87. The maximum absolute atomic E-state index is 10.5. The molecule has 0 bridgehead atoms. The first-order valence-corrected chi connectivity index (χ1v) is 10.9. The van der Waals surface area contributed by atoms with Gasteiger partial charge in [-0.1, -0.05) is 53.6 Å². The number of hydrogen-bond acceptors (Lipinski definition) is 3. The van der Waals surface area contributed by atoms with Gasteiger partial charge < -0.3 is 15.1 Å². The Labute approximate surface area is 170 Å². The molecule has 1 aromatic rings. The van der Waals surface area contributed by atoms with E-state index < -0.39 is 6.10 Å². The van der Waals surface area contributed by atoms with Gasteiger partial charge in [0.15, 0.2) is 0 Å². The van der Waals surface area contributed by atoms with Crippen LogP contribution in [0.1, 0.15) is 43.2 Å². The smallest absolute Gasteiger partial charge is 0.0761 e. The lowest BCUT2D eigenvalue weighted by molar-refractivity contribution is 0.140. The van der Waals surface area contributed by atoms with Crippen LogP contribution in [0, 0.1) is 24.7 Å². The third-order valence-electron chi connectivity index (χ3n) is 6.39. The molecule has 5 atom stereocenters. The first kappa shape index (κ1) is 21.3. The van der Waals surface area contributed by atoms with Gasteiger partial charge >= 0.3 is 0 Å². The number of rotatable bonds is 9. The number of aryl methyl sites for hydroxylation is 1. The predicted octanol–water partition coefficient (Wildman–Crippen LogP) is 4.13. The molecule has 0 amide bonds. The van der Waals surface area contributed by atoms with Crippen molar-refractivity contribution in [1.29, 1.82) is 0 Å².